The van der Waals surface area contributed by atoms with Gasteiger partial charge in [0.1, 0.15) is 22.3 Å². The third kappa shape index (κ3) is 3.99. The van der Waals surface area contributed by atoms with E-state index in [1.807, 2.05) is 60.7 Å². The molecule has 0 bridgehead atoms. The Labute approximate surface area is 290 Å². The van der Waals surface area contributed by atoms with Gasteiger partial charge < -0.3 is 13.4 Å². The summed E-state index contributed by atoms with van der Waals surface area (Å²) in [7, 11) is 0. The van der Waals surface area contributed by atoms with Crippen LogP contribution in [0.2, 0.25) is 0 Å². The molecule has 0 saturated heterocycles. The maximum atomic E-state index is 9.73. The molecule has 7 aromatic carbocycles. The first-order valence-electron chi connectivity index (χ1n) is 16.9. The van der Waals surface area contributed by atoms with Crippen LogP contribution in [-0.2, 0) is 0 Å². The van der Waals surface area contributed by atoms with Crippen molar-refractivity contribution in [3.8, 4) is 34.1 Å². The van der Waals surface area contributed by atoms with Crippen LogP contribution in [-0.4, -0.2) is 9.55 Å². The van der Waals surface area contributed by atoms with Crippen molar-refractivity contribution >= 4 is 76.6 Å². The molecule has 0 aliphatic heterocycles. The van der Waals surface area contributed by atoms with Crippen LogP contribution in [0, 0.1) is 11.3 Å². The van der Waals surface area contributed by atoms with E-state index in [-0.39, 0.29) is 0 Å². The summed E-state index contributed by atoms with van der Waals surface area (Å²) in [6, 6.07) is 54.3. The van der Waals surface area contributed by atoms with E-state index < -0.39 is 0 Å². The fourth-order valence-electron chi connectivity index (χ4n) is 7.86. The first-order chi connectivity index (χ1) is 25.2. The van der Waals surface area contributed by atoms with Crippen LogP contribution in [0.4, 0.5) is 0 Å². The summed E-state index contributed by atoms with van der Waals surface area (Å²) in [4.78, 5) is 5.36. The van der Waals surface area contributed by atoms with E-state index in [9.17, 15) is 5.26 Å². The van der Waals surface area contributed by atoms with Crippen molar-refractivity contribution in [2.45, 2.75) is 0 Å². The van der Waals surface area contributed by atoms with Gasteiger partial charge in [0, 0.05) is 43.6 Å². The van der Waals surface area contributed by atoms with Gasteiger partial charge in [-0.15, -0.1) is 0 Å². The smallest absolute Gasteiger partial charge is 0.161 e. The number of pyridine rings is 1. The highest BCUT2D eigenvalue weighted by Gasteiger charge is 2.21. The second kappa shape index (κ2) is 10.4. The predicted molar refractivity (Wildman–Crippen MR) is 206 cm³/mol. The number of aromatic nitrogens is 2. The SMILES string of the molecule is N#Cc1ccc2c(c1)c1cc(-c3ccc(-c4nc5c(ccc6c7ccccc7oc65)c5oc6ccccc6c45)cc3)ccc1n2-c1ccccc1. The molecular weight excluding hydrogens is 627 g/mol. The Bertz CT molecular complexity index is 3250. The molecule has 5 nitrogen and oxygen atoms in total. The van der Waals surface area contributed by atoms with E-state index in [1.54, 1.807) is 0 Å². The van der Waals surface area contributed by atoms with E-state index in [0.717, 1.165) is 105 Å². The second-order valence-corrected chi connectivity index (χ2v) is 13.0. The molecule has 0 saturated carbocycles. The first-order valence-corrected chi connectivity index (χ1v) is 16.9. The molecular formula is C46H25N3O2. The van der Waals surface area contributed by atoms with Gasteiger partial charge in [0.15, 0.2) is 5.58 Å². The van der Waals surface area contributed by atoms with E-state index in [1.165, 1.54) is 0 Å². The Morgan fingerprint density at radius 3 is 1.92 bits per heavy atom. The Morgan fingerprint density at radius 2 is 1.12 bits per heavy atom. The average molecular weight is 652 g/mol. The van der Waals surface area contributed by atoms with Crippen LogP contribution in [0.15, 0.2) is 160 Å². The van der Waals surface area contributed by atoms with Gasteiger partial charge in [-0.05, 0) is 77.9 Å². The van der Waals surface area contributed by atoms with E-state index >= 15 is 0 Å². The van der Waals surface area contributed by atoms with Crippen LogP contribution >= 0.6 is 0 Å². The van der Waals surface area contributed by atoms with E-state index in [2.05, 4.69) is 102 Å². The number of hydrogen-bond acceptors (Lipinski definition) is 4. The molecule has 0 N–H and O–H groups in total. The van der Waals surface area contributed by atoms with Gasteiger partial charge in [-0.1, -0.05) is 84.9 Å². The van der Waals surface area contributed by atoms with Crippen LogP contribution in [0.25, 0.3) is 105 Å². The van der Waals surface area contributed by atoms with Crippen LogP contribution in [0.3, 0.4) is 0 Å². The molecule has 0 aliphatic rings. The Kier molecular flexibility index (Phi) is 5.67. The lowest BCUT2D eigenvalue weighted by atomic mass is 9.98. The Balaban J connectivity index is 1.11. The molecule has 11 aromatic rings. The van der Waals surface area contributed by atoms with Gasteiger partial charge in [0.2, 0.25) is 0 Å². The molecule has 4 aromatic heterocycles. The van der Waals surface area contributed by atoms with Crippen LogP contribution in [0.5, 0.6) is 0 Å². The van der Waals surface area contributed by atoms with Gasteiger partial charge in [-0.3, -0.25) is 0 Å². The predicted octanol–water partition coefficient (Wildman–Crippen LogP) is 12.3. The number of nitriles is 1. The zero-order valence-electron chi connectivity index (χ0n) is 27.1. The molecule has 236 valence electrons. The Hall–Kier alpha value is -7.16. The summed E-state index contributed by atoms with van der Waals surface area (Å²) < 4.78 is 15.3. The van der Waals surface area contributed by atoms with Crippen molar-refractivity contribution in [2.75, 3.05) is 0 Å². The molecule has 0 fully saturated rings. The lowest BCUT2D eigenvalue weighted by Crippen LogP contribution is -1.93. The minimum absolute atomic E-state index is 0.644. The summed E-state index contributed by atoms with van der Waals surface area (Å²) in [5.41, 5.74) is 11.9. The fourth-order valence-corrected chi connectivity index (χ4v) is 7.86. The third-order valence-electron chi connectivity index (χ3n) is 10.2. The minimum Gasteiger partial charge on any atom is -0.455 e. The number of furan rings is 2. The second-order valence-electron chi connectivity index (χ2n) is 13.0. The summed E-state index contributed by atoms with van der Waals surface area (Å²) >= 11 is 0. The minimum atomic E-state index is 0.644. The molecule has 0 radical (unpaired) electrons. The van der Waals surface area contributed by atoms with Gasteiger partial charge in [0.05, 0.1) is 33.7 Å². The van der Waals surface area contributed by atoms with Crippen molar-refractivity contribution in [3.63, 3.8) is 0 Å². The molecule has 0 spiro atoms. The number of nitrogens with zero attached hydrogens (tertiary/aromatic N) is 3. The van der Waals surface area contributed by atoms with Crippen LogP contribution < -0.4 is 0 Å². The van der Waals surface area contributed by atoms with Gasteiger partial charge in [0.25, 0.3) is 0 Å². The summed E-state index contributed by atoms with van der Waals surface area (Å²) in [5, 5.41) is 16.9. The summed E-state index contributed by atoms with van der Waals surface area (Å²) in [6.45, 7) is 0. The normalized spacial score (nSPS) is 11.9. The topological polar surface area (TPSA) is 67.9 Å². The van der Waals surface area contributed by atoms with Gasteiger partial charge >= 0.3 is 0 Å². The molecule has 0 amide bonds. The average Bonchev–Trinajstić information content (AvgIpc) is 3.87. The number of fused-ring (bicyclic) bond motifs is 12. The largest absolute Gasteiger partial charge is 0.455 e. The molecule has 0 aliphatic carbocycles. The summed E-state index contributed by atoms with van der Waals surface area (Å²) in [5.74, 6) is 0. The van der Waals surface area contributed by atoms with E-state index in [4.69, 9.17) is 13.8 Å². The highest BCUT2D eigenvalue weighted by atomic mass is 16.3. The van der Waals surface area contributed by atoms with Crippen molar-refractivity contribution in [3.05, 3.63) is 157 Å². The lowest BCUT2D eigenvalue weighted by Gasteiger charge is -2.09. The molecule has 4 heterocycles. The fraction of sp³-hybridized carbons (Fsp3) is 0. The summed E-state index contributed by atoms with van der Waals surface area (Å²) in [6.07, 6.45) is 0. The quantitative estimate of drug-likeness (QED) is 0.191. The Morgan fingerprint density at radius 1 is 0.490 bits per heavy atom. The van der Waals surface area contributed by atoms with Crippen molar-refractivity contribution in [1.82, 2.24) is 9.55 Å². The monoisotopic (exact) mass is 651 g/mol. The van der Waals surface area contributed by atoms with Crippen molar-refractivity contribution in [2.24, 2.45) is 0 Å². The first kappa shape index (κ1) is 27.8. The van der Waals surface area contributed by atoms with E-state index in [0.29, 0.717) is 5.56 Å². The number of rotatable bonds is 3. The van der Waals surface area contributed by atoms with Crippen LogP contribution in [0.1, 0.15) is 5.56 Å². The maximum Gasteiger partial charge on any atom is 0.161 e. The molecule has 5 heteroatoms. The number of para-hydroxylation sites is 3. The number of benzene rings is 7. The molecule has 0 atom stereocenters. The van der Waals surface area contributed by atoms with Gasteiger partial charge in [-0.2, -0.15) is 5.26 Å². The number of hydrogen-bond donors (Lipinski definition) is 0. The highest BCUT2D eigenvalue weighted by Crippen LogP contribution is 2.43. The molecule has 0 unspecified atom stereocenters. The van der Waals surface area contributed by atoms with Crippen molar-refractivity contribution < 1.29 is 8.83 Å². The zero-order chi connectivity index (χ0) is 33.6. The molecule has 51 heavy (non-hydrogen) atoms. The maximum absolute atomic E-state index is 9.73. The van der Waals surface area contributed by atoms with Crippen molar-refractivity contribution in [1.29, 1.82) is 5.26 Å². The lowest BCUT2D eigenvalue weighted by molar-refractivity contribution is 0.668. The standard InChI is InChI=1S/C46H25N3O2/c47-26-27-14-22-38-36(24-27)37-25-30(19-23-39(37)49(38)31-8-2-1-3-9-31)28-15-17-29(18-16-28)43-42-34-11-5-7-13-41(34)50-45(42)35-21-20-33-32-10-4-6-12-40(32)51-46(33)44(35)48-43/h1-25H. The third-order valence-corrected chi connectivity index (χ3v) is 10.2. The highest BCUT2D eigenvalue weighted by molar-refractivity contribution is 6.24. The van der Waals surface area contributed by atoms with Gasteiger partial charge in [-0.25, -0.2) is 4.98 Å². The zero-order valence-corrected chi connectivity index (χ0v) is 27.1. The molecule has 11 rings (SSSR count).